The number of nitrogens with zero attached hydrogens (tertiary/aromatic N) is 2. The van der Waals surface area contributed by atoms with Crippen molar-refractivity contribution in [3.8, 4) is 0 Å². The molecule has 2 nitrogen and oxygen atoms in total. The summed E-state index contributed by atoms with van der Waals surface area (Å²) in [4.78, 5) is 2.35. The van der Waals surface area contributed by atoms with Crippen LogP contribution in [0.2, 0.25) is 0 Å². The summed E-state index contributed by atoms with van der Waals surface area (Å²) in [6.45, 7) is 0. The molecular weight excluding hydrogens is 448 g/mol. The van der Waals surface area contributed by atoms with E-state index in [2.05, 4.69) is 151 Å². The SMILES string of the molecule is CN1\C(=C(/C=C/C=C(/C2=[N+](C)c3ccccc3C2)c2ccccc2)c2ccccc2)Cc2ccccc21. The summed E-state index contributed by atoms with van der Waals surface area (Å²) in [7, 11) is 4.37. The summed E-state index contributed by atoms with van der Waals surface area (Å²) in [5.74, 6) is 0. The number of benzene rings is 4. The van der Waals surface area contributed by atoms with Gasteiger partial charge in [0.05, 0.1) is 6.42 Å². The minimum absolute atomic E-state index is 0.936. The Morgan fingerprint density at radius 1 is 0.703 bits per heavy atom. The first-order chi connectivity index (χ1) is 18.2. The fraction of sp³-hybridized carbons (Fsp3) is 0.114. The third-order valence-corrected chi connectivity index (χ3v) is 7.55. The van der Waals surface area contributed by atoms with Gasteiger partial charge >= 0.3 is 0 Å². The maximum atomic E-state index is 2.35. The zero-order valence-electron chi connectivity index (χ0n) is 21.4. The molecule has 0 aromatic heterocycles. The number of likely N-dealkylation sites (N-methyl/N-ethyl adjacent to an activating group) is 1. The Kier molecular flexibility index (Phi) is 6.16. The molecule has 0 N–H and O–H groups in total. The van der Waals surface area contributed by atoms with E-state index in [9.17, 15) is 0 Å². The highest BCUT2D eigenvalue weighted by Gasteiger charge is 2.29. The second-order valence-corrected chi connectivity index (χ2v) is 9.71. The van der Waals surface area contributed by atoms with Gasteiger partial charge in [-0.15, -0.1) is 0 Å². The highest BCUT2D eigenvalue weighted by Crippen LogP contribution is 2.37. The second-order valence-electron chi connectivity index (χ2n) is 9.71. The van der Waals surface area contributed by atoms with Gasteiger partial charge in [0.2, 0.25) is 5.69 Å². The molecule has 2 aliphatic heterocycles. The molecule has 0 unspecified atom stereocenters. The second kappa shape index (κ2) is 9.91. The molecule has 0 bridgehead atoms. The van der Waals surface area contributed by atoms with Crippen molar-refractivity contribution in [3.63, 3.8) is 0 Å². The molecule has 4 aromatic rings. The van der Waals surface area contributed by atoms with Gasteiger partial charge in [0.15, 0.2) is 5.71 Å². The van der Waals surface area contributed by atoms with Gasteiger partial charge in [-0.25, -0.2) is 0 Å². The molecule has 2 heteroatoms. The smallest absolute Gasteiger partial charge is 0.208 e. The van der Waals surface area contributed by atoms with Crippen LogP contribution < -0.4 is 4.90 Å². The number of hydrogen-bond acceptors (Lipinski definition) is 1. The first kappa shape index (κ1) is 23.0. The van der Waals surface area contributed by atoms with Gasteiger partial charge in [0.25, 0.3) is 0 Å². The standard InChI is InChI=1S/C35H31N2/c1-36-32-22-11-9-18-28(32)24-34(36)30(26-14-5-3-6-15-26)20-13-21-31(27-16-7-4-8-17-27)35-25-29-19-10-12-23-33(29)37(35)2/h3-23H,24-25H2,1-2H3/q+1. The predicted octanol–water partition coefficient (Wildman–Crippen LogP) is 7.70. The Labute approximate surface area is 219 Å². The minimum atomic E-state index is 0.936. The molecule has 0 fully saturated rings. The zero-order chi connectivity index (χ0) is 25.2. The molecule has 2 aliphatic rings. The summed E-state index contributed by atoms with van der Waals surface area (Å²) in [6.07, 6.45) is 8.69. The van der Waals surface area contributed by atoms with Crippen LogP contribution in [0.15, 0.2) is 133 Å². The van der Waals surface area contributed by atoms with Gasteiger partial charge in [0, 0.05) is 47.6 Å². The molecule has 0 saturated heterocycles. The summed E-state index contributed by atoms with van der Waals surface area (Å²) >= 11 is 0. The Balaban J connectivity index is 1.44. The lowest BCUT2D eigenvalue weighted by Gasteiger charge is -2.18. The van der Waals surface area contributed by atoms with E-state index < -0.39 is 0 Å². The van der Waals surface area contributed by atoms with Crippen molar-refractivity contribution in [3.05, 3.63) is 155 Å². The van der Waals surface area contributed by atoms with Crippen LogP contribution in [0.5, 0.6) is 0 Å². The summed E-state index contributed by atoms with van der Waals surface area (Å²) in [5, 5.41) is 0. The highest BCUT2D eigenvalue weighted by molar-refractivity contribution is 6.23. The fourth-order valence-corrected chi connectivity index (χ4v) is 5.61. The van der Waals surface area contributed by atoms with Crippen molar-refractivity contribution >= 4 is 28.2 Å². The van der Waals surface area contributed by atoms with Crippen molar-refractivity contribution < 1.29 is 4.58 Å². The largest absolute Gasteiger partial charge is 0.347 e. The van der Waals surface area contributed by atoms with Crippen molar-refractivity contribution in [2.24, 2.45) is 0 Å². The predicted molar refractivity (Wildman–Crippen MR) is 156 cm³/mol. The van der Waals surface area contributed by atoms with Crippen LogP contribution >= 0.6 is 0 Å². The van der Waals surface area contributed by atoms with Crippen molar-refractivity contribution in [1.82, 2.24) is 0 Å². The molecule has 6 rings (SSSR count). The topological polar surface area (TPSA) is 6.25 Å². The first-order valence-electron chi connectivity index (χ1n) is 12.9. The molecule has 4 aromatic carbocycles. The van der Waals surface area contributed by atoms with Crippen LogP contribution in [0.25, 0.3) is 11.1 Å². The minimum Gasteiger partial charge on any atom is -0.347 e. The number of hydrogen-bond donors (Lipinski definition) is 0. The quantitative estimate of drug-likeness (QED) is 0.210. The van der Waals surface area contributed by atoms with Crippen LogP contribution in [0.1, 0.15) is 22.3 Å². The number of fused-ring (bicyclic) bond motifs is 2. The molecule has 0 amide bonds. The third-order valence-electron chi connectivity index (χ3n) is 7.55. The van der Waals surface area contributed by atoms with E-state index in [4.69, 9.17) is 0 Å². The van der Waals surface area contributed by atoms with E-state index in [1.165, 1.54) is 56.2 Å². The van der Waals surface area contributed by atoms with E-state index in [0.29, 0.717) is 0 Å². The summed E-state index contributed by atoms with van der Waals surface area (Å²) in [6, 6.07) is 38.9. The van der Waals surface area contributed by atoms with Crippen LogP contribution in [-0.4, -0.2) is 24.4 Å². The first-order valence-corrected chi connectivity index (χ1v) is 12.9. The lowest BCUT2D eigenvalue weighted by molar-refractivity contribution is -0.400. The fourth-order valence-electron chi connectivity index (χ4n) is 5.61. The zero-order valence-corrected chi connectivity index (χ0v) is 21.4. The molecular formula is C35H31N2+. The van der Waals surface area contributed by atoms with E-state index in [1.807, 2.05) is 0 Å². The molecule has 0 atom stereocenters. The van der Waals surface area contributed by atoms with Gasteiger partial charge < -0.3 is 4.90 Å². The van der Waals surface area contributed by atoms with Crippen LogP contribution in [-0.2, 0) is 12.8 Å². The molecule has 0 radical (unpaired) electrons. The van der Waals surface area contributed by atoms with Gasteiger partial charge in [-0.3, -0.25) is 0 Å². The lowest BCUT2D eigenvalue weighted by Crippen LogP contribution is -2.13. The third kappa shape index (κ3) is 4.36. The number of allylic oxidation sites excluding steroid dienone is 6. The van der Waals surface area contributed by atoms with Gasteiger partial charge in [-0.05, 0) is 28.8 Å². The van der Waals surface area contributed by atoms with Crippen LogP contribution in [0.4, 0.5) is 11.4 Å². The van der Waals surface area contributed by atoms with Crippen molar-refractivity contribution in [1.29, 1.82) is 0 Å². The van der Waals surface area contributed by atoms with E-state index in [1.54, 1.807) is 0 Å². The normalized spacial score (nSPS) is 16.4. The average Bonchev–Trinajstić information content (AvgIpc) is 3.46. The Hall–Kier alpha value is -4.43. The average molecular weight is 480 g/mol. The van der Waals surface area contributed by atoms with E-state index in [-0.39, 0.29) is 0 Å². The maximum absolute atomic E-state index is 2.35. The number of para-hydroxylation sites is 2. The molecule has 0 spiro atoms. The van der Waals surface area contributed by atoms with Gasteiger partial charge in [0.1, 0.15) is 7.05 Å². The van der Waals surface area contributed by atoms with Crippen molar-refractivity contribution in [2.75, 3.05) is 19.0 Å². The van der Waals surface area contributed by atoms with Crippen molar-refractivity contribution in [2.45, 2.75) is 12.8 Å². The number of anilines is 1. The van der Waals surface area contributed by atoms with Gasteiger partial charge in [-0.1, -0.05) is 109 Å². The molecule has 0 aliphatic carbocycles. The molecule has 180 valence electrons. The van der Waals surface area contributed by atoms with E-state index in [0.717, 1.165) is 12.8 Å². The number of rotatable bonds is 5. The van der Waals surface area contributed by atoms with Gasteiger partial charge in [-0.2, -0.15) is 4.58 Å². The molecule has 0 saturated carbocycles. The Bertz CT molecular complexity index is 1570. The summed E-state index contributed by atoms with van der Waals surface area (Å²) in [5.41, 5.74) is 13.0. The molecule has 37 heavy (non-hydrogen) atoms. The monoisotopic (exact) mass is 479 g/mol. The molecule has 2 heterocycles. The van der Waals surface area contributed by atoms with Crippen LogP contribution in [0.3, 0.4) is 0 Å². The Morgan fingerprint density at radius 2 is 1.32 bits per heavy atom. The summed E-state index contributed by atoms with van der Waals surface area (Å²) < 4.78 is 2.35. The lowest BCUT2D eigenvalue weighted by atomic mass is 9.96. The van der Waals surface area contributed by atoms with E-state index >= 15 is 0 Å². The highest BCUT2D eigenvalue weighted by atomic mass is 15.1. The van der Waals surface area contributed by atoms with Crippen LogP contribution in [0, 0.1) is 0 Å². The Morgan fingerprint density at radius 3 is 2.03 bits per heavy atom. The maximum Gasteiger partial charge on any atom is 0.208 e.